The van der Waals surface area contributed by atoms with Crippen LogP contribution >= 0.6 is 0 Å². The molecule has 11 aromatic rings. The Morgan fingerprint density at radius 2 is 1.25 bits per heavy atom. The van der Waals surface area contributed by atoms with E-state index in [1.54, 1.807) is 0 Å². The average molecular weight is 1070 g/mol. The van der Waals surface area contributed by atoms with Crippen molar-refractivity contribution in [3.05, 3.63) is 181 Å². The van der Waals surface area contributed by atoms with Gasteiger partial charge in [-0.25, -0.2) is 0 Å². The van der Waals surface area contributed by atoms with Crippen molar-refractivity contribution in [2.24, 2.45) is 0 Å². The summed E-state index contributed by atoms with van der Waals surface area (Å²) < 4.78 is 23.8. The second-order valence-corrected chi connectivity index (χ2v) is 24.3. The number of para-hydroxylation sites is 3. The van der Waals surface area contributed by atoms with E-state index in [4.69, 9.17) is 15.2 Å². The zero-order valence-corrected chi connectivity index (χ0v) is 43.0. The molecular weight excluding hydrogens is 1010 g/mol. The molecule has 4 heterocycles. The van der Waals surface area contributed by atoms with E-state index >= 15 is 0 Å². The number of pyridine rings is 1. The fourth-order valence-electron chi connectivity index (χ4n) is 9.33. The number of nitrogens with zero attached hydrogens (tertiary/aromatic N) is 3. The van der Waals surface area contributed by atoms with Gasteiger partial charge in [0.25, 0.3) is 0 Å². The summed E-state index contributed by atoms with van der Waals surface area (Å²) in [7, 11) is -1.50. The fourth-order valence-corrected chi connectivity index (χ4v) is 10.9. The number of fused-ring (bicyclic) bond motifs is 7. The molecule has 0 spiro atoms. The SMILES string of the molecule is CC(C)c1cc(-c2ccccc2)cc(C(C)C)c1-n1c(-c2[c-]ccc3c2oc2cc4c(cc23)oc2ccccc24)nc2ccccc21.[2H]C(C)(C)c1cc(-c2[c-]cccc2)ncc1[Si](C)(C)C.[Ir]. The van der Waals surface area contributed by atoms with Crippen LogP contribution in [0.1, 0.15) is 77.3 Å². The monoisotopic (exact) mass is 1070 g/mol. The first-order chi connectivity index (χ1) is 32.2. The summed E-state index contributed by atoms with van der Waals surface area (Å²) in [5.41, 5.74) is 15.3. The Bertz CT molecular complexity index is 3580. The van der Waals surface area contributed by atoms with Crippen LogP contribution in [0, 0.1) is 12.1 Å². The first-order valence-corrected chi connectivity index (χ1v) is 26.5. The molecule has 7 heteroatoms. The molecule has 0 aliphatic heterocycles. The summed E-state index contributed by atoms with van der Waals surface area (Å²) in [6, 6.07) is 57.0. The molecule has 337 valence electrons. The van der Waals surface area contributed by atoms with E-state index in [-0.39, 0.29) is 31.9 Å². The van der Waals surface area contributed by atoms with E-state index < -0.39 is 14.0 Å². The van der Waals surface area contributed by atoms with Crippen molar-refractivity contribution < 1.29 is 30.3 Å². The Morgan fingerprint density at radius 3 is 1.94 bits per heavy atom. The van der Waals surface area contributed by atoms with E-state index in [0.29, 0.717) is 0 Å². The topological polar surface area (TPSA) is 57.0 Å². The van der Waals surface area contributed by atoms with Crippen molar-refractivity contribution >= 4 is 68.2 Å². The van der Waals surface area contributed by atoms with Gasteiger partial charge in [-0.2, -0.15) is 0 Å². The largest absolute Gasteiger partial charge is 0.501 e. The molecule has 0 aliphatic carbocycles. The van der Waals surface area contributed by atoms with Crippen molar-refractivity contribution in [2.45, 2.75) is 78.9 Å². The third-order valence-electron chi connectivity index (χ3n) is 12.7. The molecule has 0 saturated carbocycles. The zero-order valence-electron chi connectivity index (χ0n) is 40.6. The smallest absolute Gasteiger partial charge is 0.136 e. The van der Waals surface area contributed by atoms with Gasteiger partial charge in [-0.05, 0) is 93.3 Å². The zero-order chi connectivity index (χ0) is 46.8. The summed E-state index contributed by atoms with van der Waals surface area (Å²) >= 11 is 0. The predicted molar refractivity (Wildman–Crippen MR) is 279 cm³/mol. The molecule has 0 saturated heterocycles. The summed E-state index contributed by atoms with van der Waals surface area (Å²) in [4.78, 5) is 9.91. The second-order valence-electron chi connectivity index (χ2n) is 19.2. The first-order valence-electron chi connectivity index (χ1n) is 23.5. The normalized spacial score (nSPS) is 12.3. The van der Waals surface area contributed by atoms with Gasteiger partial charge in [0.2, 0.25) is 0 Å². The summed E-state index contributed by atoms with van der Waals surface area (Å²) in [6.45, 7) is 19.9. The van der Waals surface area contributed by atoms with E-state index in [1.165, 1.54) is 33.1 Å². The molecule has 1 radical (unpaired) electrons. The van der Waals surface area contributed by atoms with Gasteiger partial charge < -0.3 is 18.4 Å². The van der Waals surface area contributed by atoms with Crippen LogP contribution in [0.4, 0.5) is 0 Å². The number of benzene rings is 7. The molecule has 4 aromatic heterocycles. The van der Waals surface area contributed by atoms with Crippen LogP contribution < -0.4 is 5.19 Å². The molecule has 0 atom stereocenters. The number of aromatic nitrogens is 3. The van der Waals surface area contributed by atoms with Gasteiger partial charge in [0.15, 0.2) is 0 Å². The number of furan rings is 2. The van der Waals surface area contributed by atoms with Crippen LogP contribution in [-0.4, -0.2) is 22.6 Å². The molecule has 0 aliphatic rings. The summed E-state index contributed by atoms with van der Waals surface area (Å²) in [5, 5.41) is 5.44. The van der Waals surface area contributed by atoms with Crippen LogP contribution in [0.25, 0.3) is 94.4 Å². The fraction of sp³-hybridized carbons (Fsp3) is 0.200. The maximum Gasteiger partial charge on any atom is 0.136 e. The third kappa shape index (κ3) is 8.50. The Hall–Kier alpha value is -6.37. The molecule has 0 bridgehead atoms. The van der Waals surface area contributed by atoms with Crippen molar-refractivity contribution in [3.63, 3.8) is 0 Å². The van der Waals surface area contributed by atoms with Crippen molar-refractivity contribution in [1.29, 1.82) is 0 Å². The minimum absolute atomic E-state index is 0. The van der Waals surface area contributed by atoms with Gasteiger partial charge in [-0.15, -0.1) is 54.1 Å². The van der Waals surface area contributed by atoms with Crippen LogP contribution in [-0.2, 0) is 20.1 Å². The molecule has 0 unspecified atom stereocenters. The number of hydrogen-bond donors (Lipinski definition) is 0. The standard InChI is InChI=1S/C43H33N2O2.C17H22NSi.Ir/c1-25(2)32-21-28(27-13-6-5-7-14-27)22-33(26(3)4)41(32)45-37-19-10-9-18-36(37)44-43(45)31-17-12-16-30-35-24-39-34(23-40(35)47-42(30)31)29-15-8-11-20-38(29)46-39;1-13(2)15-11-16(14-9-7-6-8-10-14)18-12-17(15)19(3,4)5;/h5-16,18-26H,1-4H3;6-9,11-13H,1-5H3;/q2*-1;/i;13D;. The Labute approximate surface area is 409 Å². The second kappa shape index (κ2) is 18.4. The van der Waals surface area contributed by atoms with Gasteiger partial charge in [0.1, 0.15) is 16.7 Å². The first kappa shape index (κ1) is 44.5. The van der Waals surface area contributed by atoms with Crippen LogP contribution in [0.5, 0.6) is 0 Å². The number of rotatable bonds is 8. The van der Waals surface area contributed by atoms with Crippen LogP contribution in [0.2, 0.25) is 19.6 Å². The van der Waals surface area contributed by atoms with E-state index in [1.807, 2.05) is 68.6 Å². The molecular formula is C60H55IrN3O2Si-2. The molecule has 11 rings (SSSR count). The minimum Gasteiger partial charge on any atom is -0.501 e. The number of imidazole rings is 1. The average Bonchev–Trinajstić information content (AvgIpc) is 4.01. The Balaban J connectivity index is 0.000000232. The maximum atomic E-state index is 8.44. The Kier molecular flexibility index (Phi) is 12.2. The molecule has 0 amide bonds. The molecule has 7 aromatic carbocycles. The maximum absolute atomic E-state index is 8.44. The van der Waals surface area contributed by atoms with E-state index in [2.05, 4.69) is 166 Å². The van der Waals surface area contributed by atoms with Crippen LogP contribution in [0.3, 0.4) is 0 Å². The molecule has 5 nitrogen and oxygen atoms in total. The number of hydrogen-bond acceptors (Lipinski definition) is 4. The third-order valence-corrected chi connectivity index (χ3v) is 14.7. The van der Waals surface area contributed by atoms with E-state index in [9.17, 15) is 0 Å². The van der Waals surface area contributed by atoms with Gasteiger partial charge in [0, 0.05) is 49.5 Å². The van der Waals surface area contributed by atoms with Crippen LogP contribution in [0.15, 0.2) is 161 Å². The predicted octanol–water partition coefficient (Wildman–Crippen LogP) is 16.4. The minimum atomic E-state index is -1.50. The van der Waals surface area contributed by atoms with Gasteiger partial charge in [-0.3, -0.25) is 4.98 Å². The van der Waals surface area contributed by atoms with Crippen molar-refractivity contribution in [1.82, 2.24) is 14.5 Å². The van der Waals surface area contributed by atoms with Crippen molar-refractivity contribution in [3.8, 4) is 39.5 Å². The summed E-state index contributed by atoms with van der Waals surface area (Å²) in [5.74, 6) is 0.760. The van der Waals surface area contributed by atoms with Gasteiger partial charge in [0.05, 0.1) is 30.5 Å². The summed E-state index contributed by atoms with van der Waals surface area (Å²) in [6.07, 6.45) is 1.98. The van der Waals surface area contributed by atoms with Crippen molar-refractivity contribution in [2.75, 3.05) is 0 Å². The van der Waals surface area contributed by atoms with E-state index in [0.717, 1.165) is 83.1 Å². The molecule has 67 heavy (non-hydrogen) atoms. The Morgan fingerprint density at radius 1 is 0.597 bits per heavy atom. The molecule has 0 fully saturated rings. The van der Waals surface area contributed by atoms with Gasteiger partial charge in [-0.1, -0.05) is 144 Å². The quantitative estimate of drug-likeness (QED) is 0.112. The van der Waals surface area contributed by atoms with Gasteiger partial charge >= 0.3 is 0 Å². The molecule has 0 N–H and O–H groups in total.